The van der Waals surface area contributed by atoms with Crippen LogP contribution in [0, 0.1) is 11.8 Å². The van der Waals surface area contributed by atoms with E-state index in [9.17, 15) is 14.4 Å². The number of halogens is 1. The highest BCUT2D eigenvalue weighted by Gasteiger charge is 2.42. The number of ether oxygens (including phenoxy) is 2. The average molecular weight is 579 g/mol. The van der Waals surface area contributed by atoms with E-state index in [-0.39, 0.29) is 23.7 Å². The molecule has 41 heavy (non-hydrogen) atoms. The Kier molecular flexibility index (Phi) is 10.6. The van der Waals surface area contributed by atoms with Crippen LogP contribution < -0.4 is 10.5 Å². The molecule has 1 unspecified atom stereocenters. The van der Waals surface area contributed by atoms with Crippen LogP contribution in [0.2, 0.25) is 5.02 Å². The molecule has 0 saturated heterocycles. The molecule has 2 amide bonds. The lowest BCUT2D eigenvalue weighted by Crippen LogP contribution is -2.51. The van der Waals surface area contributed by atoms with Gasteiger partial charge in [0.05, 0.1) is 17.5 Å². The smallest absolute Gasteiger partial charge is 0.309 e. The molecule has 1 fully saturated rings. The number of esters is 1. The van der Waals surface area contributed by atoms with E-state index in [0.29, 0.717) is 42.5 Å². The van der Waals surface area contributed by atoms with Gasteiger partial charge in [-0.05, 0) is 73.9 Å². The summed E-state index contributed by atoms with van der Waals surface area (Å²) in [7, 11) is 0. The number of amides is 2. The van der Waals surface area contributed by atoms with Crippen molar-refractivity contribution >= 4 is 35.5 Å². The van der Waals surface area contributed by atoms with Crippen molar-refractivity contribution in [2.45, 2.75) is 70.9 Å². The van der Waals surface area contributed by atoms with Gasteiger partial charge in [-0.2, -0.15) is 0 Å². The number of unbranched alkanes of at least 4 members (excludes halogenated alkanes) is 4. The number of fused-ring (bicyclic) bond motifs is 1. The van der Waals surface area contributed by atoms with Gasteiger partial charge in [-0.1, -0.05) is 54.8 Å². The molecule has 1 aliphatic heterocycles. The average Bonchev–Trinajstić information content (AvgIpc) is 3.74. The summed E-state index contributed by atoms with van der Waals surface area (Å²) in [4.78, 5) is 39.0. The molecule has 7 nitrogen and oxygen atoms in total. The maximum absolute atomic E-state index is 13.0. The molecule has 1 aliphatic carbocycles. The molecule has 0 radical (unpaired) electrons. The molecule has 2 aromatic carbocycles. The van der Waals surface area contributed by atoms with Crippen molar-refractivity contribution in [2.75, 3.05) is 6.61 Å². The topological polar surface area (TPSA) is 98.9 Å². The second-order valence-electron chi connectivity index (χ2n) is 10.7. The van der Waals surface area contributed by atoms with Gasteiger partial charge in [0.1, 0.15) is 17.5 Å². The number of hydrogen-bond donors (Lipinski definition) is 1. The number of nitrogens with two attached hydrogens (primary N) is 1. The third kappa shape index (κ3) is 8.00. The zero-order valence-electron chi connectivity index (χ0n) is 23.7. The lowest BCUT2D eigenvalue weighted by molar-refractivity contribution is -0.144. The summed E-state index contributed by atoms with van der Waals surface area (Å²) in [5.41, 5.74) is 8.36. The summed E-state index contributed by atoms with van der Waals surface area (Å²) in [5.74, 6) is 0.472. The predicted octanol–water partition coefficient (Wildman–Crippen LogP) is 6.61. The van der Waals surface area contributed by atoms with Crippen molar-refractivity contribution in [2.24, 2.45) is 17.6 Å². The summed E-state index contributed by atoms with van der Waals surface area (Å²) < 4.78 is 11.4. The summed E-state index contributed by atoms with van der Waals surface area (Å²) in [6.45, 7) is 6.26. The summed E-state index contributed by atoms with van der Waals surface area (Å²) >= 11 is 6.52. The quantitative estimate of drug-likeness (QED) is 0.154. The van der Waals surface area contributed by atoms with Crippen LogP contribution in [-0.4, -0.2) is 35.3 Å². The van der Waals surface area contributed by atoms with Crippen molar-refractivity contribution in [1.29, 1.82) is 0 Å². The fraction of sp³-hybridized carbons (Fsp3) is 0.424. The van der Waals surface area contributed by atoms with Crippen molar-refractivity contribution in [3.05, 3.63) is 76.8 Å². The second-order valence-corrected chi connectivity index (χ2v) is 11.1. The molecule has 1 heterocycles. The Labute approximate surface area is 247 Å². The Hall–Kier alpha value is -3.58. The van der Waals surface area contributed by atoms with Crippen LogP contribution in [0.5, 0.6) is 11.5 Å². The number of primary amides is 1. The Morgan fingerprint density at radius 3 is 2.68 bits per heavy atom. The highest BCUT2D eigenvalue weighted by atomic mass is 35.5. The molecule has 0 spiro atoms. The van der Waals surface area contributed by atoms with Crippen molar-refractivity contribution in [3.8, 4) is 11.5 Å². The van der Waals surface area contributed by atoms with E-state index < -0.39 is 11.9 Å². The van der Waals surface area contributed by atoms with Crippen LogP contribution in [0.3, 0.4) is 0 Å². The van der Waals surface area contributed by atoms with Gasteiger partial charge in [0.2, 0.25) is 11.8 Å². The van der Waals surface area contributed by atoms with E-state index in [2.05, 4.69) is 6.58 Å². The van der Waals surface area contributed by atoms with Crippen molar-refractivity contribution < 1.29 is 23.9 Å². The Bertz CT molecular complexity index is 1310. The SMILES string of the molecule is C=CCCCCCCC(=O)N1Cc2ccc(Oc3cccc(Cl)c3/C=C/[C@@H]3C[C@@H]3C(=O)OCC)cc2CC1C(N)=O. The van der Waals surface area contributed by atoms with Crippen LogP contribution in [-0.2, 0) is 32.1 Å². The molecule has 4 rings (SSSR count). The predicted molar refractivity (Wildman–Crippen MR) is 160 cm³/mol. The van der Waals surface area contributed by atoms with Gasteiger partial charge in [-0.15, -0.1) is 6.58 Å². The van der Waals surface area contributed by atoms with E-state index in [1.165, 1.54) is 0 Å². The zero-order chi connectivity index (χ0) is 29.4. The van der Waals surface area contributed by atoms with Gasteiger partial charge < -0.3 is 20.1 Å². The molecule has 2 N–H and O–H groups in total. The van der Waals surface area contributed by atoms with Crippen LogP contribution in [0.1, 0.15) is 68.6 Å². The maximum Gasteiger partial charge on any atom is 0.309 e. The third-order valence-electron chi connectivity index (χ3n) is 7.69. The minimum atomic E-state index is -0.693. The standard InChI is InChI=1S/C33H39ClN2O5/c1-3-5-6-7-8-9-13-31(37)36-21-23-14-16-25(18-24(23)20-29(36)32(35)38)41-30-12-10-11-28(34)26(30)17-15-22-19-27(22)33(39)40-4-2/h3,10-12,14-18,22,27,29H,1,4-9,13,19-21H2,2H3,(H2,35,38)/b17-15+/t22-,27+,29?/m1/s1. The Morgan fingerprint density at radius 1 is 1.12 bits per heavy atom. The van der Waals surface area contributed by atoms with Crippen LogP contribution in [0.15, 0.2) is 55.1 Å². The highest BCUT2D eigenvalue weighted by molar-refractivity contribution is 6.32. The number of nitrogens with zero attached hydrogens (tertiary/aromatic N) is 1. The number of hydrogen-bond acceptors (Lipinski definition) is 5. The molecule has 0 aromatic heterocycles. The summed E-state index contributed by atoms with van der Waals surface area (Å²) in [6, 6.07) is 10.5. The first kappa shape index (κ1) is 30.4. The second kappa shape index (κ2) is 14.4. The van der Waals surface area contributed by atoms with E-state index in [0.717, 1.165) is 55.2 Å². The summed E-state index contributed by atoms with van der Waals surface area (Å²) in [5, 5.41) is 0.536. The zero-order valence-corrected chi connectivity index (χ0v) is 24.4. The Balaban J connectivity index is 1.43. The first-order chi connectivity index (χ1) is 19.8. The molecule has 3 atom stereocenters. The van der Waals surface area contributed by atoms with E-state index in [1.54, 1.807) is 17.9 Å². The van der Waals surface area contributed by atoms with E-state index in [1.807, 2.05) is 48.6 Å². The van der Waals surface area contributed by atoms with Gasteiger partial charge >= 0.3 is 5.97 Å². The fourth-order valence-corrected chi connectivity index (χ4v) is 5.49. The van der Waals surface area contributed by atoms with Crippen LogP contribution in [0.25, 0.3) is 6.08 Å². The number of benzene rings is 2. The number of carbonyl (C=O) groups excluding carboxylic acids is 3. The first-order valence-electron chi connectivity index (χ1n) is 14.4. The lowest BCUT2D eigenvalue weighted by Gasteiger charge is -2.35. The Morgan fingerprint density at radius 2 is 1.93 bits per heavy atom. The van der Waals surface area contributed by atoms with Gasteiger partial charge in [-0.25, -0.2) is 0 Å². The third-order valence-corrected chi connectivity index (χ3v) is 8.02. The molecular formula is C33H39ClN2O5. The van der Waals surface area contributed by atoms with Crippen molar-refractivity contribution in [1.82, 2.24) is 4.90 Å². The van der Waals surface area contributed by atoms with Gasteiger partial charge in [0.15, 0.2) is 0 Å². The molecule has 218 valence electrons. The number of rotatable bonds is 14. The molecule has 2 aromatic rings. The number of allylic oxidation sites excluding steroid dienone is 2. The van der Waals surface area contributed by atoms with Crippen LogP contribution >= 0.6 is 11.6 Å². The fourth-order valence-electron chi connectivity index (χ4n) is 5.26. The van der Waals surface area contributed by atoms with Crippen molar-refractivity contribution in [3.63, 3.8) is 0 Å². The molecule has 1 saturated carbocycles. The first-order valence-corrected chi connectivity index (χ1v) is 14.8. The highest BCUT2D eigenvalue weighted by Crippen LogP contribution is 2.42. The molecule has 0 bridgehead atoms. The van der Waals surface area contributed by atoms with E-state index in [4.69, 9.17) is 26.8 Å². The van der Waals surface area contributed by atoms with Gasteiger partial charge in [-0.3, -0.25) is 14.4 Å². The maximum atomic E-state index is 13.0. The van der Waals surface area contributed by atoms with Gasteiger partial charge in [0, 0.05) is 24.9 Å². The molecular weight excluding hydrogens is 540 g/mol. The van der Waals surface area contributed by atoms with E-state index >= 15 is 0 Å². The minimum Gasteiger partial charge on any atom is -0.466 e. The number of carbonyl (C=O) groups is 3. The molecule has 2 aliphatic rings. The lowest BCUT2D eigenvalue weighted by atomic mass is 9.92. The normalized spacial score (nSPS) is 19.5. The minimum absolute atomic E-state index is 0.0419. The monoisotopic (exact) mass is 578 g/mol. The summed E-state index contributed by atoms with van der Waals surface area (Å²) in [6.07, 6.45) is 12.2. The molecule has 8 heteroatoms. The van der Waals surface area contributed by atoms with Gasteiger partial charge in [0.25, 0.3) is 0 Å². The van der Waals surface area contributed by atoms with Crippen LogP contribution in [0.4, 0.5) is 0 Å². The largest absolute Gasteiger partial charge is 0.466 e.